The number of nitrogens with zero attached hydrogens (tertiary/aromatic N) is 2. The van der Waals surface area contributed by atoms with E-state index in [9.17, 15) is 9.59 Å². The Balaban J connectivity index is 2.24. The van der Waals surface area contributed by atoms with Gasteiger partial charge < -0.3 is 16.0 Å². The molecule has 1 aliphatic rings. The van der Waals surface area contributed by atoms with Crippen molar-refractivity contribution >= 4 is 17.6 Å². The molecule has 7 heteroatoms. The van der Waals surface area contributed by atoms with Crippen LogP contribution >= 0.6 is 0 Å². The van der Waals surface area contributed by atoms with Crippen LogP contribution in [0, 0.1) is 0 Å². The summed E-state index contributed by atoms with van der Waals surface area (Å²) in [7, 11) is 0. The second kappa shape index (κ2) is 4.44. The topological polar surface area (TPSA) is 104 Å². The zero-order valence-corrected chi connectivity index (χ0v) is 9.56. The van der Waals surface area contributed by atoms with Gasteiger partial charge in [0.1, 0.15) is 17.4 Å². The summed E-state index contributed by atoms with van der Waals surface area (Å²) in [5.41, 5.74) is 5.92. The third-order valence-electron chi connectivity index (χ3n) is 2.88. The average molecular weight is 237 g/mol. The molecular formula is C10H15N5O2. The summed E-state index contributed by atoms with van der Waals surface area (Å²) < 4.78 is 0. The molecular weight excluding hydrogens is 222 g/mol. The van der Waals surface area contributed by atoms with Crippen LogP contribution in [0.5, 0.6) is 0 Å². The number of H-pyrrole nitrogens is 1. The molecule has 0 aliphatic carbocycles. The molecule has 92 valence electrons. The molecule has 2 heterocycles. The van der Waals surface area contributed by atoms with E-state index < -0.39 is 6.04 Å². The first-order valence-electron chi connectivity index (χ1n) is 5.52. The number of hydrogen-bond donors (Lipinski definition) is 3. The number of rotatable bonds is 2. The van der Waals surface area contributed by atoms with Gasteiger partial charge in [0.25, 0.3) is 5.91 Å². The van der Waals surface area contributed by atoms with Crippen molar-refractivity contribution in [2.24, 2.45) is 0 Å². The summed E-state index contributed by atoms with van der Waals surface area (Å²) in [6.07, 6.45) is 1.96. The van der Waals surface area contributed by atoms with Crippen LogP contribution in [0.1, 0.15) is 23.7 Å². The van der Waals surface area contributed by atoms with Gasteiger partial charge in [0.15, 0.2) is 0 Å². The van der Waals surface area contributed by atoms with E-state index in [0.717, 1.165) is 0 Å². The maximum atomic E-state index is 12.2. The number of anilines is 1. The lowest BCUT2D eigenvalue weighted by atomic mass is 10.1. The zero-order valence-electron chi connectivity index (χ0n) is 9.56. The Morgan fingerprint density at radius 1 is 1.71 bits per heavy atom. The predicted octanol–water partition coefficient (Wildman–Crippen LogP) is -0.657. The van der Waals surface area contributed by atoms with Gasteiger partial charge in [0.05, 0.1) is 6.20 Å². The molecule has 2 rings (SSSR count). The average Bonchev–Trinajstić information content (AvgIpc) is 2.74. The standard InChI is InChI=1S/C10H15N5O2/c1-2-7-9(16)12-3-4-15(7)10(17)6-5-13-14-8(6)11/h5,7H,2-4H2,1H3,(H,12,16)(H3,11,13,14). The van der Waals surface area contributed by atoms with E-state index in [1.54, 1.807) is 4.90 Å². The SMILES string of the molecule is CCC1C(=O)NCCN1C(=O)c1cn[nH]c1N. The molecule has 1 aromatic heterocycles. The number of carbonyl (C=O) groups excluding carboxylic acids is 2. The third kappa shape index (κ3) is 1.95. The molecule has 1 aliphatic heterocycles. The number of aromatic amines is 1. The van der Waals surface area contributed by atoms with Crippen molar-refractivity contribution in [3.63, 3.8) is 0 Å². The van der Waals surface area contributed by atoms with E-state index in [1.807, 2.05) is 6.92 Å². The Morgan fingerprint density at radius 3 is 3.06 bits per heavy atom. The quantitative estimate of drug-likeness (QED) is 0.635. The highest BCUT2D eigenvalue weighted by Crippen LogP contribution is 2.16. The van der Waals surface area contributed by atoms with Crippen molar-refractivity contribution in [1.82, 2.24) is 20.4 Å². The fourth-order valence-electron chi connectivity index (χ4n) is 1.98. The first-order chi connectivity index (χ1) is 8.15. The molecule has 17 heavy (non-hydrogen) atoms. The molecule has 2 amide bonds. The van der Waals surface area contributed by atoms with Crippen LogP contribution in [0.3, 0.4) is 0 Å². The zero-order chi connectivity index (χ0) is 12.4. The third-order valence-corrected chi connectivity index (χ3v) is 2.88. The summed E-state index contributed by atoms with van der Waals surface area (Å²) in [5, 5.41) is 8.96. The Kier molecular flexibility index (Phi) is 2.99. The van der Waals surface area contributed by atoms with E-state index >= 15 is 0 Å². The molecule has 1 atom stereocenters. The van der Waals surface area contributed by atoms with Crippen LogP contribution in [0.15, 0.2) is 6.20 Å². The Morgan fingerprint density at radius 2 is 2.47 bits per heavy atom. The van der Waals surface area contributed by atoms with Gasteiger partial charge in [-0.05, 0) is 6.42 Å². The number of aromatic nitrogens is 2. The summed E-state index contributed by atoms with van der Waals surface area (Å²) in [6.45, 7) is 2.83. The number of nitrogen functional groups attached to an aromatic ring is 1. The van der Waals surface area contributed by atoms with Crippen molar-refractivity contribution in [2.75, 3.05) is 18.8 Å². The Labute approximate surface area is 98.4 Å². The van der Waals surface area contributed by atoms with Gasteiger partial charge >= 0.3 is 0 Å². The van der Waals surface area contributed by atoms with Gasteiger partial charge in [-0.15, -0.1) is 0 Å². The van der Waals surface area contributed by atoms with Crippen LogP contribution in [-0.2, 0) is 4.79 Å². The van der Waals surface area contributed by atoms with Crippen LogP contribution in [0.2, 0.25) is 0 Å². The van der Waals surface area contributed by atoms with Crippen LogP contribution in [0.25, 0.3) is 0 Å². The van der Waals surface area contributed by atoms with Crippen LogP contribution in [0.4, 0.5) is 5.82 Å². The predicted molar refractivity (Wildman–Crippen MR) is 61.1 cm³/mol. The lowest BCUT2D eigenvalue weighted by Crippen LogP contribution is -2.56. The number of amides is 2. The van der Waals surface area contributed by atoms with Gasteiger partial charge in [-0.1, -0.05) is 6.92 Å². The number of nitrogens with two attached hydrogens (primary N) is 1. The maximum absolute atomic E-state index is 12.2. The first-order valence-corrected chi connectivity index (χ1v) is 5.52. The van der Waals surface area contributed by atoms with Crippen molar-refractivity contribution < 1.29 is 9.59 Å². The molecule has 1 aromatic rings. The fraction of sp³-hybridized carbons (Fsp3) is 0.500. The molecule has 4 N–H and O–H groups in total. The van der Waals surface area contributed by atoms with Gasteiger partial charge in [0, 0.05) is 13.1 Å². The van der Waals surface area contributed by atoms with Crippen molar-refractivity contribution in [1.29, 1.82) is 0 Å². The highest BCUT2D eigenvalue weighted by atomic mass is 16.2. The normalized spacial score (nSPS) is 20.2. The van der Waals surface area contributed by atoms with E-state index in [1.165, 1.54) is 6.20 Å². The molecule has 1 fully saturated rings. The van der Waals surface area contributed by atoms with Gasteiger partial charge in [0.2, 0.25) is 5.91 Å². The minimum atomic E-state index is -0.425. The first kappa shape index (κ1) is 11.4. The summed E-state index contributed by atoms with van der Waals surface area (Å²) in [4.78, 5) is 25.4. The summed E-state index contributed by atoms with van der Waals surface area (Å²) in [5.74, 6) is -0.136. The smallest absolute Gasteiger partial charge is 0.259 e. The van der Waals surface area contributed by atoms with E-state index in [-0.39, 0.29) is 17.6 Å². The minimum absolute atomic E-state index is 0.117. The maximum Gasteiger partial charge on any atom is 0.259 e. The van der Waals surface area contributed by atoms with E-state index in [0.29, 0.717) is 25.1 Å². The molecule has 0 bridgehead atoms. The number of hydrogen-bond acceptors (Lipinski definition) is 4. The van der Waals surface area contributed by atoms with Gasteiger partial charge in [-0.25, -0.2) is 0 Å². The molecule has 0 saturated carbocycles. The molecule has 0 radical (unpaired) electrons. The largest absolute Gasteiger partial charge is 0.383 e. The summed E-state index contributed by atoms with van der Waals surface area (Å²) in [6, 6.07) is -0.425. The van der Waals surface area contributed by atoms with Gasteiger partial charge in [-0.2, -0.15) is 5.10 Å². The van der Waals surface area contributed by atoms with E-state index in [2.05, 4.69) is 15.5 Å². The lowest BCUT2D eigenvalue weighted by molar-refractivity contribution is -0.127. The molecule has 0 spiro atoms. The second-order valence-corrected chi connectivity index (χ2v) is 3.91. The lowest BCUT2D eigenvalue weighted by Gasteiger charge is -2.34. The van der Waals surface area contributed by atoms with Crippen molar-refractivity contribution in [2.45, 2.75) is 19.4 Å². The van der Waals surface area contributed by atoms with E-state index in [4.69, 9.17) is 5.73 Å². The number of piperazine rings is 1. The molecule has 1 saturated heterocycles. The van der Waals surface area contributed by atoms with Crippen molar-refractivity contribution in [3.8, 4) is 0 Å². The van der Waals surface area contributed by atoms with Gasteiger partial charge in [-0.3, -0.25) is 14.7 Å². The van der Waals surface area contributed by atoms with Crippen LogP contribution in [-0.4, -0.2) is 46.0 Å². The molecule has 7 nitrogen and oxygen atoms in total. The Hall–Kier alpha value is -2.05. The summed E-state index contributed by atoms with van der Waals surface area (Å²) >= 11 is 0. The second-order valence-electron chi connectivity index (χ2n) is 3.91. The number of nitrogens with one attached hydrogen (secondary N) is 2. The fourth-order valence-corrected chi connectivity index (χ4v) is 1.98. The highest BCUT2D eigenvalue weighted by Gasteiger charge is 2.33. The minimum Gasteiger partial charge on any atom is -0.383 e. The highest BCUT2D eigenvalue weighted by molar-refractivity contribution is 6.01. The number of carbonyl (C=O) groups is 2. The Bertz CT molecular complexity index is 442. The molecule has 1 unspecified atom stereocenters. The molecule has 0 aromatic carbocycles. The monoisotopic (exact) mass is 237 g/mol. The van der Waals surface area contributed by atoms with Crippen LogP contribution < -0.4 is 11.1 Å². The van der Waals surface area contributed by atoms with Crippen molar-refractivity contribution in [3.05, 3.63) is 11.8 Å².